The number of nitrogens with zero attached hydrogens (tertiary/aromatic N) is 3. The minimum atomic E-state index is -1.04. The van der Waals surface area contributed by atoms with Gasteiger partial charge in [-0.05, 0) is 20.2 Å². The second kappa shape index (κ2) is 8.24. The molecule has 2 aromatic rings. The minimum Gasteiger partial charge on any atom is -0.507 e. The number of ketones is 1. The number of hydrogen-bond donors (Lipinski definition) is 1. The minimum absolute atomic E-state index is 0.144. The topological polar surface area (TPSA) is 104 Å². The Morgan fingerprint density at radius 2 is 1.72 bits per heavy atom. The van der Waals surface area contributed by atoms with Crippen LogP contribution in [0.1, 0.15) is 17.2 Å². The number of carbonyl (C=O) groups excluding carboxylic acids is 2. The third kappa shape index (κ3) is 3.88. The van der Waals surface area contributed by atoms with Crippen molar-refractivity contribution < 1.29 is 19.6 Å². The number of rotatable bonds is 6. The Bertz CT molecular complexity index is 985. The van der Waals surface area contributed by atoms with Crippen molar-refractivity contribution in [1.29, 1.82) is 0 Å². The van der Waals surface area contributed by atoms with Gasteiger partial charge in [-0.15, -0.1) is 0 Å². The molecule has 1 aliphatic rings. The normalized spacial score (nSPS) is 18.4. The molecular weight excluding hydrogens is 374 g/mol. The summed E-state index contributed by atoms with van der Waals surface area (Å²) < 4.78 is 0. The van der Waals surface area contributed by atoms with Crippen LogP contribution in [-0.2, 0) is 9.59 Å². The maximum absolute atomic E-state index is 12.8. The van der Waals surface area contributed by atoms with E-state index in [1.807, 2.05) is 19.0 Å². The highest BCUT2D eigenvalue weighted by atomic mass is 16.6. The first-order chi connectivity index (χ1) is 13.8. The molecule has 1 heterocycles. The largest absolute Gasteiger partial charge is 0.507 e. The van der Waals surface area contributed by atoms with E-state index >= 15 is 0 Å². The summed E-state index contributed by atoms with van der Waals surface area (Å²) in [6.07, 6.45) is 0. The fourth-order valence-corrected chi connectivity index (χ4v) is 3.38. The van der Waals surface area contributed by atoms with Crippen LogP contribution in [0.3, 0.4) is 0 Å². The third-order valence-electron chi connectivity index (χ3n) is 4.80. The maximum atomic E-state index is 12.8. The Kier molecular flexibility index (Phi) is 5.74. The Morgan fingerprint density at radius 1 is 1.10 bits per heavy atom. The number of aliphatic hydroxyl groups excluding tert-OH is 1. The standard InChI is InChI=1S/C21H21N3O5/c1-22(2)12-13-23-18(15-10-6-7-11-16(15)24(28)29)17(20(26)21(23)27)19(25)14-8-4-3-5-9-14/h3-11,18,25H,12-13H2,1-2H3/b19-17+/t18-/m1/s1. The van der Waals surface area contributed by atoms with E-state index in [2.05, 4.69) is 0 Å². The van der Waals surface area contributed by atoms with E-state index in [4.69, 9.17) is 0 Å². The lowest BCUT2D eigenvalue weighted by Crippen LogP contribution is -2.35. The van der Waals surface area contributed by atoms with Crippen LogP contribution in [0, 0.1) is 10.1 Å². The number of Topliss-reactive ketones (excluding diaryl/α,β-unsaturated/α-hetero) is 1. The molecule has 1 aliphatic heterocycles. The number of aliphatic hydroxyl groups is 1. The van der Waals surface area contributed by atoms with Crippen molar-refractivity contribution in [2.45, 2.75) is 6.04 Å². The first-order valence-electron chi connectivity index (χ1n) is 9.04. The first kappa shape index (κ1) is 20.2. The van der Waals surface area contributed by atoms with E-state index in [0.717, 1.165) is 0 Å². The fourth-order valence-electron chi connectivity index (χ4n) is 3.38. The molecule has 0 saturated carbocycles. The number of nitro groups is 1. The van der Waals surface area contributed by atoms with Gasteiger partial charge in [0.2, 0.25) is 0 Å². The number of nitro benzene ring substituents is 1. The average Bonchev–Trinajstić information content (AvgIpc) is 2.96. The zero-order chi connectivity index (χ0) is 21.1. The Morgan fingerprint density at radius 3 is 2.34 bits per heavy atom. The molecule has 29 heavy (non-hydrogen) atoms. The molecule has 0 spiro atoms. The number of hydrogen-bond acceptors (Lipinski definition) is 6. The maximum Gasteiger partial charge on any atom is 0.295 e. The van der Waals surface area contributed by atoms with Gasteiger partial charge >= 0.3 is 0 Å². The molecule has 3 rings (SSSR count). The van der Waals surface area contributed by atoms with Gasteiger partial charge in [-0.1, -0.05) is 42.5 Å². The number of carbonyl (C=O) groups is 2. The number of likely N-dealkylation sites (tertiary alicyclic amines) is 1. The SMILES string of the molecule is CN(C)CCN1C(=O)C(=O)/C(=C(/O)c2ccccc2)[C@H]1c1ccccc1[N+](=O)[O-]. The number of para-hydroxylation sites is 1. The zero-order valence-corrected chi connectivity index (χ0v) is 16.1. The molecule has 8 heteroatoms. The molecule has 1 atom stereocenters. The van der Waals surface area contributed by atoms with Crippen LogP contribution in [0.5, 0.6) is 0 Å². The summed E-state index contributed by atoms with van der Waals surface area (Å²) in [7, 11) is 3.64. The summed E-state index contributed by atoms with van der Waals surface area (Å²) in [5.41, 5.74) is 0.192. The molecule has 1 fully saturated rings. The predicted octanol–water partition coefficient (Wildman–Crippen LogP) is 2.58. The smallest absolute Gasteiger partial charge is 0.295 e. The first-order valence-corrected chi connectivity index (χ1v) is 9.04. The fraction of sp³-hybridized carbons (Fsp3) is 0.238. The molecule has 0 bridgehead atoms. The molecule has 1 amide bonds. The van der Waals surface area contributed by atoms with Gasteiger partial charge in [0.05, 0.1) is 22.1 Å². The van der Waals surface area contributed by atoms with E-state index in [1.54, 1.807) is 36.4 Å². The van der Waals surface area contributed by atoms with Gasteiger partial charge in [-0.2, -0.15) is 0 Å². The molecule has 1 N–H and O–H groups in total. The van der Waals surface area contributed by atoms with Gasteiger partial charge in [-0.3, -0.25) is 19.7 Å². The van der Waals surface area contributed by atoms with Crippen molar-refractivity contribution in [3.63, 3.8) is 0 Å². The van der Waals surface area contributed by atoms with Crippen molar-refractivity contribution in [3.8, 4) is 0 Å². The predicted molar refractivity (Wildman–Crippen MR) is 107 cm³/mol. The number of amides is 1. The van der Waals surface area contributed by atoms with Crippen molar-refractivity contribution >= 4 is 23.1 Å². The molecule has 0 unspecified atom stereocenters. The van der Waals surface area contributed by atoms with Gasteiger partial charge in [-0.25, -0.2) is 0 Å². The third-order valence-corrected chi connectivity index (χ3v) is 4.80. The second-order valence-electron chi connectivity index (χ2n) is 6.98. The van der Waals surface area contributed by atoms with E-state index in [1.165, 1.54) is 23.1 Å². The Labute approximate surface area is 167 Å². The van der Waals surface area contributed by atoms with Crippen LogP contribution in [0.25, 0.3) is 5.76 Å². The highest BCUT2D eigenvalue weighted by molar-refractivity contribution is 6.46. The second-order valence-corrected chi connectivity index (χ2v) is 6.98. The molecule has 8 nitrogen and oxygen atoms in total. The van der Waals surface area contributed by atoms with Crippen molar-refractivity contribution in [3.05, 3.63) is 81.4 Å². The summed E-state index contributed by atoms with van der Waals surface area (Å²) in [6, 6.07) is 13.3. The van der Waals surface area contributed by atoms with Crippen LogP contribution in [0.4, 0.5) is 5.69 Å². The lowest BCUT2D eigenvalue weighted by atomic mass is 9.94. The summed E-state index contributed by atoms with van der Waals surface area (Å²) in [4.78, 5) is 39.8. The monoisotopic (exact) mass is 395 g/mol. The number of likely N-dealkylation sites (N-methyl/N-ethyl adjacent to an activating group) is 1. The van der Waals surface area contributed by atoms with Gasteiger partial charge in [0.25, 0.3) is 17.4 Å². The summed E-state index contributed by atoms with van der Waals surface area (Å²) in [6.45, 7) is 0.634. The van der Waals surface area contributed by atoms with Gasteiger partial charge in [0.1, 0.15) is 5.76 Å². The van der Waals surface area contributed by atoms with Crippen molar-refractivity contribution in [2.24, 2.45) is 0 Å². The summed E-state index contributed by atoms with van der Waals surface area (Å²) in [5.74, 6) is -1.99. The van der Waals surface area contributed by atoms with E-state index < -0.39 is 22.7 Å². The summed E-state index contributed by atoms with van der Waals surface area (Å²) in [5, 5.41) is 22.5. The Hall–Kier alpha value is -3.52. The van der Waals surface area contributed by atoms with Gasteiger partial charge in [0, 0.05) is 24.7 Å². The lowest BCUT2D eigenvalue weighted by Gasteiger charge is -2.26. The quantitative estimate of drug-likeness (QED) is 0.265. The van der Waals surface area contributed by atoms with Crippen molar-refractivity contribution in [1.82, 2.24) is 9.80 Å². The highest BCUT2D eigenvalue weighted by Gasteiger charge is 2.47. The Balaban J connectivity index is 2.22. The van der Waals surface area contributed by atoms with Crippen LogP contribution in [-0.4, -0.2) is 58.7 Å². The molecule has 150 valence electrons. The van der Waals surface area contributed by atoms with Gasteiger partial charge in [0.15, 0.2) is 0 Å². The highest BCUT2D eigenvalue weighted by Crippen LogP contribution is 2.42. The number of benzene rings is 2. The molecule has 0 aliphatic carbocycles. The average molecular weight is 395 g/mol. The zero-order valence-electron chi connectivity index (χ0n) is 16.1. The molecule has 0 aromatic heterocycles. The van der Waals surface area contributed by atoms with Crippen molar-refractivity contribution in [2.75, 3.05) is 27.2 Å². The molecular formula is C21H21N3O5. The van der Waals surface area contributed by atoms with Crippen LogP contribution in [0.2, 0.25) is 0 Å². The van der Waals surface area contributed by atoms with E-state index in [-0.39, 0.29) is 29.1 Å². The van der Waals surface area contributed by atoms with Crippen LogP contribution < -0.4 is 0 Å². The molecule has 2 aromatic carbocycles. The van der Waals surface area contributed by atoms with E-state index in [9.17, 15) is 24.8 Å². The lowest BCUT2D eigenvalue weighted by molar-refractivity contribution is -0.385. The van der Waals surface area contributed by atoms with Gasteiger partial charge < -0.3 is 14.9 Å². The molecule has 1 saturated heterocycles. The van der Waals surface area contributed by atoms with Crippen LogP contribution >= 0.6 is 0 Å². The van der Waals surface area contributed by atoms with Crippen LogP contribution in [0.15, 0.2) is 60.2 Å². The van der Waals surface area contributed by atoms with E-state index in [0.29, 0.717) is 12.1 Å². The summed E-state index contributed by atoms with van der Waals surface area (Å²) >= 11 is 0. The molecule has 0 radical (unpaired) electrons.